The number of benzene rings is 3. The summed E-state index contributed by atoms with van der Waals surface area (Å²) in [7, 11) is 0. The van der Waals surface area contributed by atoms with E-state index in [1.54, 1.807) is 48.5 Å². The highest BCUT2D eigenvalue weighted by molar-refractivity contribution is 5.87. The van der Waals surface area contributed by atoms with E-state index in [0.717, 1.165) is 12.2 Å². The zero-order valence-corrected chi connectivity index (χ0v) is 20.0. The fourth-order valence-corrected chi connectivity index (χ4v) is 4.04. The second kappa shape index (κ2) is 10.3. The average Bonchev–Trinajstić information content (AvgIpc) is 3.57. The van der Waals surface area contributed by atoms with E-state index in [1.165, 1.54) is 24.3 Å². The largest absolute Gasteiger partial charge is 0.478 e. The number of aromatic nitrogens is 2. The molecular formula is C28H19N3O8. The first kappa shape index (κ1) is 25.0. The number of ether oxygens (including phenoxy) is 2. The van der Waals surface area contributed by atoms with Crippen LogP contribution >= 0.6 is 0 Å². The number of H-pyrrole nitrogens is 1. The lowest BCUT2D eigenvalue weighted by Gasteiger charge is -2.05. The maximum Gasteiger partial charge on any atom is 0.328 e. The molecule has 11 nitrogen and oxygen atoms in total. The van der Waals surface area contributed by atoms with E-state index in [0.29, 0.717) is 39.4 Å². The molecule has 1 aromatic heterocycles. The van der Waals surface area contributed by atoms with Gasteiger partial charge < -0.3 is 24.7 Å². The number of carboxylic acids is 2. The van der Waals surface area contributed by atoms with Crippen molar-refractivity contribution in [2.24, 2.45) is 0 Å². The van der Waals surface area contributed by atoms with Crippen molar-refractivity contribution in [2.45, 2.75) is 0 Å². The standard InChI is InChI=1S/C28H19N3O8/c32-24(33)11-5-16-1-7-18(8-2-16)26-27(19-9-3-17(4-10-19)6-12-25(34)35)30-28(29-26)20-13-22-23(39-15-38-22)14-21(20)31(36)37/h1-14H,15H2,(H,29,30)(H,32,33)(H,34,35)/b11-5+,12-6+. The molecule has 0 saturated carbocycles. The highest BCUT2D eigenvalue weighted by Crippen LogP contribution is 2.43. The summed E-state index contributed by atoms with van der Waals surface area (Å²) < 4.78 is 10.7. The van der Waals surface area contributed by atoms with Crippen LogP contribution in [0.25, 0.3) is 46.1 Å². The molecule has 0 radical (unpaired) electrons. The summed E-state index contributed by atoms with van der Waals surface area (Å²) in [5, 5.41) is 29.7. The summed E-state index contributed by atoms with van der Waals surface area (Å²) in [6.07, 6.45) is 4.99. The van der Waals surface area contributed by atoms with E-state index >= 15 is 0 Å². The third-order valence-electron chi connectivity index (χ3n) is 5.87. The molecular weight excluding hydrogens is 506 g/mol. The van der Waals surface area contributed by atoms with Crippen LogP contribution in [0.15, 0.2) is 72.8 Å². The molecule has 0 saturated heterocycles. The third kappa shape index (κ3) is 5.37. The molecule has 5 rings (SSSR count). The van der Waals surface area contributed by atoms with Crippen LogP contribution in [0.3, 0.4) is 0 Å². The Balaban J connectivity index is 1.63. The number of aliphatic carboxylic acids is 2. The third-order valence-corrected chi connectivity index (χ3v) is 5.87. The van der Waals surface area contributed by atoms with Crippen LogP contribution in [0.5, 0.6) is 11.5 Å². The van der Waals surface area contributed by atoms with Gasteiger partial charge in [-0.15, -0.1) is 0 Å². The lowest BCUT2D eigenvalue weighted by atomic mass is 10.0. The lowest BCUT2D eigenvalue weighted by Crippen LogP contribution is -1.94. The first-order valence-electron chi connectivity index (χ1n) is 11.5. The molecule has 0 amide bonds. The predicted molar refractivity (Wildman–Crippen MR) is 141 cm³/mol. The van der Waals surface area contributed by atoms with Gasteiger partial charge in [0.25, 0.3) is 5.69 Å². The van der Waals surface area contributed by atoms with E-state index in [1.807, 2.05) is 0 Å². The number of nitro benzene ring substituents is 1. The van der Waals surface area contributed by atoms with Crippen LogP contribution in [-0.4, -0.2) is 43.8 Å². The van der Waals surface area contributed by atoms with E-state index in [2.05, 4.69) is 4.98 Å². The molecule has 0 spiro atoms. The number of fused-ring (bicyclic) bond motifs is 1. The van der Waals surface area contributed by atoms with Crippen LogP contribution in [-0.2, 0) is 9.59 Å². The Morgan fingerprint density at radius 3 is 1.95 bits per heavy atom. The molecule has 11 heteroatoms. The Morgan fingerprint density at radius 2 is 1.41 bits per heavy atom. The van der Waals surface area contributed by atoms with Crippen molar-refractivity contribution in [3.63, 3.8) is 0 Å². The topological polar surface area (TPSA) is 165 Å². The summed E-state index contributed by atoms with van der Waals surface area (Å²) in [4.78, 5) is 41.0. The predicted octanol–water partition coefficient (Wildman–Crippen LogP) is 5.24. The monoisotopic (exact) mass is 525 g/mol. The quantitative estimate of drug-likeness (QED) is 0.158. The average molecular weight is 525 g/mol. The molecule has 0 unspecified atom stereocenters. The molecule has 1 aliphatic rings. The van der Waals surface area contributed by atoms with Gasteiger partial charge in [0.05, 0.1) is 27.9 Å². The minimum absolute atomic E-state index is 0.0457. The van der Waals surface area contributed by atoms with Crippen LogP contribution < -0.4 is 9.47 Å². The van der Waals surface area contributed by atoms with Crippen molar-refractivity contribution in [1.29, 1.82) is 0 Å². The Kier molecular flexibility index (Phi) is 6.62. The summed E-state index contributed by atoms with van der Waals surface area (Å²) >= 11 is 0. The van der Waals surface area contributed by atoms with Crippen LogP contribution in [0.1, 0.15) is 11.1 Å². The Morgan fingerprint density at radius 1 is 0.872 bits per heavy atom. The number of carbonyl (C=O) groups is 2. The van der Waals surface area contributed by atoms with Gasteiger partial charge in [-0.2, -0.15) is 0 Å². The number of rotatable bonds is 8. The number of nitro groups is 1. The minimum atomic E-state index is -1.06. The molecule has 194 valence electrons. The first-order valence-corrected chi connectivity index (χ1v) is 11.5. The molecule has 0 atom stereocenters. The Labute approximate surface area is 220 Å². The maximum absolute atomic E-state index is 11.9. The summed E-state index contributed by atoms with van der Waals surface area (Å²) in [6.45, 7) is -0.0457. The number of nitrogens with zero attached hydrogens (tertiary/aromatic N) is 2. The molecule has 3 aromatic carbocycles. The van der Waals surface area contributed by atoms with Gasteiger partial charge in [-0.05, 0) is 23.3 Å². The number of imidazole rings is 1. The lowest BCUT2D eigenvalue weighted by molar-refractivity contribution is -0.384. The second-order valence-electron chi connectivity index (χ2n) is 8.38. The Hall–Kier alpha value is -5.71. The number of aromatic amines is 1. The van der Waals surface area contributed by atoms with Crippen LogP contribution in [0, 0.1) is 10.1 Å². The summed E-state index contributed by atoms with van der Waals surface area (Å²) in [5.74, 6) is -1.27. The minimum Gasteiger partial charge on any atom is -0.478 e. The summed E-state index contributed by atoms with van der Waals surface area (Å²) in [5.41, 5.74) is 3.78. The zero-order chi connectivity index (χ0) is 27.5. The molecule has 3 N–H and O–H groups in total. The van der Waals surface area contributed by atoms with Crippen molar-refractivity contribution >= 4 is 29.8 Å². The molecule has 0 bridgehead atoms. The van der Waals surface area contributed by atoms with Crippen LogP contribution in [0.4, 0.5) is 5.69 Å². The fraction of sp³-hybridized carbons (Fsp3) is 0.0357. The zero-order valence-electron chi connectivity index (χ0n) is 20.0. The second-order valence-corrected chi connectivity index (χ2v) is 8.38. The van der Waals surface area contributed by atoms with Gasteiger partial charge in [-0.3, -0.25) is 10.1 Å². The van der Waals surface area contributed by atoms with E-state index in [9.17, 15) is 19.7 Å². The molecule has 4 aromatic rings. The molecule has 0 aliphatic carbocycles. The first-order chi connectivity index (χ1) is 18.8. The maximum atomic E-state index is 11.9. The van der Waals surface area contributed by atoms with E-state index in [4.69, 9.17) is 24.7 Å². The van der Waals surface area contributed by atoms with E-state index < -0.39 is 16.9 Å². The van der Waals surface area contributed by atoms with Gasteiger partial charge in [-0.25, -0.2) is 14.6 Å². The number of carboxylic acid groups (broad SMARTS) is 2. The normalized spacial score (nSPS) is 12.3. The van der Waals surface area contributed by atoms with Crippen LogP contribution in [0.2, 0.25) is 0 Å². The van der Waals surface area contributed by atoms with Crippen molar-refractivity contribution in [3.05, 3.63) is 94.1 Å². The molecule has 1 aliphatic heterocycles. The highest BCUT2D eigenvalue weighted by Gasteiger charge is 2.27. The van der Waals surface area contributed by atoms with Gasteiger partial charge in [-0.1, -0.05) is 48.5 Å². The highest BCUT2D eigenvalue weighted by atomic mass is 16.7. The van der Waals surface area contributed by atoms with Gasteiger partial charge in [0, 0.05) is 29.3 Å². The number of hydrogen-bond donors (Lipinski definition) is 3. The van der Waals surface area contributed by atoms with Crippen molar-refractivity contribution in [1.82, 2.24) is 9.97 Å². The number of hydrogen-bond acceptors (Lipinski definition) is 7. The van der Waals surface area contributed by atoms with Gasteiger partial charge >= 0.3 is 11.9 Å². The molecule has 2 heterocycles. The van der Waals surface area contributed by atoms with Crippen molar-refractivity contribution in [3.8, 4) is 45.4 Å². The summed E-state index contributed by atoms with van der Waals surface area (Å²) in [6, 6.07) is 16.8. The smallest absolute Gasteiger partial charge is 0.328 e. The SMILES string of the molecule is O=C(O)/C=C/c1ccc(-c2nc(-c3cc4c(cc3[N+](=O)[O-])OCO4)[nH]c2-c2ccc(/C=C/C(=O)O)cc2)cc1. The van der Waals surface area contributed by atoms with Gasteiger partial charge in [0.2, 0.25) is 6.79 Å². The van der Waals surface area contributed by atoms with E-state index in [-0.39, 0.29) is 29.6 Å². The van der Waals surface area contributed by atoms with Crippen molar-refractivity contribution < 1.29 is 34.2 Å². The van der Waals surface area contributed by atoms with Gasteiger partial charge in [0.1, 0.15) is 5.82 Å². The van der Waals surface area contributed by atoms with Crippen molar-refractivity contribution in [2.75, 3.05) is 6.79 Å². The molecule has 0 fully saturated rings. The number of nitrogens with one attached hydrogen (secondary N) is 1. The van der Waals surface area contributed by atoms with Gasteiger partial charge in [0.15, 0.2) is 11.5 Å². The fourth-order valence-electron chi connectivity index (χ4n) is 4.04. The Bertz CT molecular complexity index is 1570. The molecule has 39 heavy (non-hydrogen) atoms.